The fraction of sp³-hybridized carbons (Fsp3) is 0.680. The number of carboxylic acid groups (broad SMARTS) is 1. The minimum atomic E-state index is -5.08. The van der Waals surface area contributed by atoms with Gasteiger partial charge in [0.25, 0.3) is 0 Å². The number of nitrogens with zero attached hydrogens (tertiary/aromatic N) is 1. The quantitative estimate of drug-likeness (QED) is 0.647. The number of alkyl halides is 3. The third kappa shape index (κ3) is 6.43. The van der Waals surface area contributed by atoms with E-state index in [1.807, 2.05) is 0 Å². The van der Waals surface area contributed by atoms with E-state index in [-0.39, 0.29) is 17.4 Å². The van der Waals surface area contributed by atoms with Gasteiger partial charge in [-0.2, -0.15) is 13.2 Å². The first-order chi connectivity index (χ1) is 16.1. The SMILES string of the molecule is O=C(CC1CC2(CCN(CC3CC3)CC2)Oc2ccccc21)NC1CCC1.O=C(O)C(F)(F)F. The maximum absolute atomic E-state index is 12.6. The van der Waals surface area contributed by atoms with Crippen LogP contribution in [0.4, 0.5) is 13.2 Å². The van der Waals surface area contributed by atoms with Gasteiger partial charge in [-0.15, -0.1) is 0 Å². The first-order valence-electron chi connectivity index (χ1n) is 12.2. The van der Waals surface area contributed by atoms with Crippen LogP contribution in [0.3, 0.4) is 0 Å². The monoisotopic (exact) mass is 482 g/mol. The lowest BCUT2D eigenvalue weighted by molar-refractivity contribution is -0.192. The molecule has 9 heteroatoms. The Morgan fingerprint density at radius 1 is 1.12 bits per heavy atom. The van der Waals surface area contributed by atoms with E-state index in [2.05, 4.69) is 34.5 Å². The number of halogens is 3. The van der Waals surface area contributed by atoms with Crippen LogP contribution in [0.2, 0.25) is 0 Å². The van der Waals surface area contributed by atoms with E-state index in [9.17, 15) is 18.0 Å². The molecule has 1 atom stereocenters. The van der Waals surface area contributed by atoms with E-state index in [4.69, 9.17) is 14.6 Å². The molecule has 2 heterocycles. The van der Waals surface area contributed by atoms with Crippen LogP contribution in [0, 0.1) is 5.92 Å². The van der Waals surface area contributed by atoms with Crippen LogP contribution in [0.25, 0.3) is 0 Å². The minimum Gasteiger partial charge on any atom is -0.487 e. The van der Waals surface area contributed by atoms with E-state index in [1.165, 1.54) is 31.4 Å². The van der Waals surface area contributed by atoms with Crippen molar-refractivity contribution in [3.63, 3.8) is 0 Å². The lowest BCUT2D eigenvalue weighted by atomic mass is 9.76. The van der Waals surface area contributed by atoms with Crippen molar-refractivity contribution in [1.29, 1.82) is 0 Å². The zero-order valence-electron chi connectivity index (χ0n) is 19.3. The van der Waals surface area contributed by atoms with Crippen LogP contribution in [0.1, 0.15) is 69.3 Å². The fourth-order valence-corrected chi connectivity index (χ4v) is 5.10. The number of carbonyl (C=O) groups excluding carboxylic acids is 1. The van der Waals surface area contributed by atoms with Gasteiger partial charge in [0, 0.05) is 38.0 Å². The van der Waals surface area contributed by atoms with Crippen molar-refractivity contribution in [2.45, 2.75) is 81.5 Å². The molecule has 2 saturated carbocycles. The zero-order chi connectivity index (χ0) is 24.3. The number of ether oxygens (including phenoxy) is 1. The highest BCUT2D eigenvalue weighted by molar-refractivity contribution is 5.77. The number of nitrogens with one attached hydrogen (secondary N) is 1. The topological polar surface area (TPSA) is 78.9 Å². The second-order valence-corrected chi connectivity index (χ2v) is 10.2. The molecule has 1 unspecified atom stereocenters. The molecule has 3 fully saturated rings. The summed E-state index contributed by atoms with van der Waals surface area (Å²) in [6.45, 7) is 3.55. The summed E-state index contributed by atoms with van der Waals surface area (Å²) in [5.74, 6) is -0.281. The number of hydrogen-bond acceptors (Lipinski definition) is 4. The zero-order valence-corrected chi connectivity index (χ0v) is 19.3. The second-order valence-electron chi connectivity index (χ2n) is 10.2. The van der Waals surface area contributed by atoms with Crippen LogP contribution in [0.5, 0.6) is 5.75 Å². The van der Waals surface area contributed by atoms with Crippen LogP contribution in [0.15, 0.2) is 24.3 Å². The van der Waals surface area contributed by atoms with E-state index in [1.54, 1.807) is 0 Å². The molecule has 2 aliphatic carbocycles. The maximum Gasteiger partial charge on any atom is 0.490 e. The molecule has 5 rings (SSSR count). The summed E-state index contributed by atoms with van der Waals surface area (Å²) in [5.41, 5.74) is 1.16. The van der Waals surface area contributed by atoms with E-state index < -0.39 is 12.1 Å². The molecule has 1 aromatic rings. The third-order valence-electron chi connectivity index (χ3n) is 7.43. The van der Waals surface area contributed by atoms with Crippen LogP contribution in [-0.2, 0) is 9.59 Å². The molecule has 188 valence electrons. The van der Waals surface area contributed by atoms with E-state index in [0.717, 1.165) is 56.9 Å². The van der Waals surface area contributed by atoms with Crippen LogP contribution < -0.4 is 10.1 Å². The van der Waals surface area contributed by atoms with Gasteiger partial charge in [0.15, 0.2) is 0 Å². The van der Waals surface area contributed by atoms with Crippen molar-refractivity contribution in [3.05, 3.63) is 29.8 Å². The molecule has 0 aromatic heterocycles. The maximum atomic E-state index is 12.6. The highest BCUT2D eigenvalue weighted by atomic mass is 19.4. The first kappa shape index (κ1) is 24.8. The lowest BCUT2D eigenvalue weighted by Crippen LogP contribution is -2.51. The number of para-hydroxylation sites is 1. The van der Waals surface area contributed by atoms with Crippen molar-refractivity contribution in [3.8, 4) is 5.75 Å². The van der Waals surface area contributed by atoms with Crippen molar-refractivity contribution in [2.24, 2.45) is 5.92 Å². The predicted octanol–water partition coefficient (Wildman–Crippen LogP) is 4.49. The number of hydrogen-bond donors (Lipinski definition) is 2. The van der Waals surface area contributed by atoms with Crippen molar-refractivity contribution in [2.75, 3.05) is 19.6 Å². The Hall–Kier alpha value is -2.29. The molecule has 6 nitrogen and oxygen atoms in total. The summed E-state index contributed by atoms with van der Waals surface area (Å²) < 4.78 is 38.3. The molecule has 2 N–H and O–H groups in total. The Morgan fingerprint density at radius 2 is 1.76 bits per heavy atom. The van der Waals surface area contributed by atoms with Gasteiger partial charge in [-0.25, -0.2) is 4.79 Å². The molecular weight excluding hydrogens is 449 g/mol. The molecule has 1 saturated heterocycles. The first-order valence-corrected chi connectivity index (χ1v) is 12.2. The Kier molecular flexibility index (Phi) is 7.40. The number of rotatable bonds is 5. The Balaban J connectivity index is 0.000000344. The summed E-state index contributed by atoms with van der Waals surface area (Å²) in [6, 6.07) is 8.82. The standard InChI is InChI=1S/C23H32N2O2.C2HF3O2/c26-22(24-19-4-3-5-19)14-18-15-23(27-21-7-2-1-6-20(18)21)10-12-25(13-11-23)16-17-8-9-17;3-2(4,5)1(6)7/h1-2,6-7,17-19H,3-5,8-16H2,(H,24,26);(H,6,7). The highest BCUT2D eigenvalue weighted by Gasteiger charge is 2.44. The molecule has 34 heavy (non-hydrogen) atoms. The normalized spacial score (nSPS) is 24.1. The van der Waals surface area contributed by atoms with Gasteiger partial charge in [-0.05, 0) is 68.9 Å². The number of carbonyl (C=O) groups is 2. The van der Waals surface area contributed by atoms with Gasteiger partial charge in [-0.1, -0.05) is 18.2 Å². The van der Waals surface area contributed by atoms with Gasteiger partial charge < -0.3 is 20.1 Å². The smallest absolute Gasteiger partial charge is 0.487 e. The minimum absolute atomic E-state index is 0.0736. The number of aliphatic carboxylic acids is 1. The highest BCUT2D eigenvalue weighted by Crippen LogP contribution is 2.47. The molecule has 1 amide bonds. The van der Waals surface area contributed by atoms with Gasteiger partial charge in [0.05, 0.1) is 0 Å². The van der Waals surface area contributed by atoms with Gasteiger partial charge in [0.2, 0.25) is 5.91 Å². The van der Waals surface area contributed by atoms with Gasteiger partial charge >= 0.3 is 12.1 Å². The van der Waals surface area contributed by atoms with Crippen molar-refractivity contribution >= 4 is 11.9 Å². The van der Waals surface area contributed by atoms with Crippen molar-refractivity contribution in [1.82, 2.24) is 10.2 Å². The number of amides is 1. The molecule has 1 aromatic carbocycles. The summed E-state index contributed by atoms with van der Waals surface area (Å²) in [7, 11) is 0. The Morgan fingerprint density at radius 3 is 2.32 bits per heavy atom. The molecule has 4 aliphatic rings. The largest absolute Gasteiger partial charge is 0.490 e. The van der Waals surface area contributed by atoms with Gasteiger partial charge in [-0.3, -0.25) is 4.79 Å². The van der Waals surface area contributed by atoms with Crippen LogP contribution >= 0.6 is 0 Å². The van der Waals surface area contributed by atoms with Gasteiger partial charge in [0.1, 0.15) is 11.4 Å². The molecule has 0 bridgehead atoms. The Bertz CT molecular complexity index is 875. The number of piperidine rings is 1. The number of likely N-dealkylation sites (tertiary alicyclic amines) is 1. The average Bonchev–Trinajstić information content (AvgIpc) is 3.57. The summed E-state index contributed by atoms with van der Waals surface area (Å²) in [6.07, 6.45) is 5.08. The number of fused-ring (bicyclic) bond motifs is 1. The van der Waals surface area contributed by atoms with E-state index >= 15 is 0 Å². The molecular formula is C25H33F3N2O4. The average molecular weight is 483 g/mol. The summed E-state index contributed by atoms with van der Waals surface area (Å²) in [5, 5.41) is 10.4. The van der Waals surface area contributed by atoms with Crippen LogP contribution in [-0.4, -0.2) is 59.3 Å². The second kappa shape index (κ2) is 10.1. The lowest BCUT2D eigenvalue weighted by Gasteiger charge is -2.47. The summed E-state index contributed by atoms with van der Waals surface area (Å²) in [4.78, 5) is 24.1. The number of benzene rings is 1. The molecule has 1 spiro atoms. The predicted molar refractivity (Wildman–Crippen MR) is 120 cm³/mol. The molecule has 2 aliphatic heterocycles. The third-order valence-corrected chi connectivity index (χ3v) is 7.43. The Labute approximate surface area is 197 Å². The summed E-state index contributed by atoms with van der Waals surface area (Å²) >= 11 is 0. The number of carboxylic acids is 1. The molecule has 0 radical (unpaired) electrons. The van der Waals surface area contributed by atoms with E-state index in [0.29, 0.717) is 12.5 Å². The van der Waals surface area contributed by atoms with Crippen molar-refractivity contribution < 1.29 is 32.6 Å². The fourth-order valence-electron chi connectivity index (χ4n) is 5.10.